The molecule has 2 aliphatic heterocycles. The summed E-state index contributed by atoms with van der Waals surface area (Å²) in [5.74, 6) is 0.344. The Morgan fingerprint density at radius 3 is 2.52 bits per heavy atom. The molecule has 148 valence electrons. The number of nitrogens with zero attached hydrogens (tertiary/aromatic N) is 4. The monoisotopic (exact) mass is 374 g/mol. The summed E-state index contributed by atoms with van der Waals surface area (Å²) in [6, 6.07) is 1.82. The van der Waals surface area contributed by atoms with Crippen molar-refractivity contribution in [3.63, 3.8) is 0 Å². The molecular formula is C20H30N4O3. The van der Waals surface area contributed by atoms with Crippen LogP contribution in [0.1, 0.15) is 44.9 Å². The summed E-state index contributed by atoms with van der Waals surface area (Å²) in [5, 5.41) is 0. The Morgan fingerprint density at radius 2 is 1.78 bits per heavy atom. The Morgan fingerprint density at radius 1 is 1.07 bits per heavy atom. The highest BCUT2D eigenvalue weighted by atomic mass is 16.7. The van der Waals surface area contributed by atoms with Gasteiger partial charge in [-0.2, -0.15) is 0 Å². The number of hydrogen-bond acceptors (Lipinski definition) is 6. The first kappa shape index (κ1) is 18.8. The SMILES string of the molecule is CC1(C(=O)N2CCOC3(CN(Cc4ncccn4)CCO3)C2)CCCCC1. The van der Waals surface area contributed by atoms with Gasteiger partial charge < -0.3 is 14.4 Å². The quantitative estimate of drug-likeness (QED) is 0.804. The minimum Gasteiger partial charge on any atom is -0.346 e. The Bertz CT molecular complexity index is 646. The Kier molecular flexibility index (Phi) is 5.43. The molecule has 3 aliphatic rings. The first-order valence-corrected chi connectivity index (χ1v) is 10.1. The number of amides is 1. The first-order chi connectivity index (χ1) is 13.1. The lowest BCUT2D eigenvalue weighted by atomic mass is 9.74. The van der Waals surface area contributed by atoms with Crippen molar-refractivity contribution < 1.29 is 14.3 Å². The van der Waals surface area contributed by atoms with Gasteiger partial charge in [-0.25, -0.2) is 9.97 Å². The lowest BCUT2D eigenvalue weighted by Gasteiger charge is -2.49. The molecule has 1 aromatic heterocycles. The summed E-state index contributed by atoms with van der Waals surface area (Å²) in [6.45, 7) is 6.53. The van der Waals surface area contributed by atoms with Crippen LogP contribution in [0.5, 0.6) is 0 Å². The summed E-state index contributed by atoms with van der Waals surface area (Å²) in [7, 11) is 0. The molecule has 0 aromatic carbocycles. The van der Waals surface area contributed by atoms with E-state index in [2.05, 4.69) is 21.8 Å². The van der Waals surface area contributed by atoms with Crippen molar-refractivity contribution in [2.24, 2.45) is 5.41 Å². The van der Waals surface area contributed by atoms with Crippen molar-refractivity contribution >= 4 is 5.91 Å². The molecule has 1 atom stereocenters. The van der Waals surface area contributed by atoms with Crippen molar-refractivity contribution in [3.8, 4) is 0 Å². The van der Waals surface area contributed by atoms with Gasteiger partial charge in [0, 0.05) is 30.9 Å². The fourth-order valence-corrected chi connectivity index (χ4v) is 4.61. The standard InChI is InChI=1S/C20H30N4O3/c1-19(6-3-2-4-7-19)18(25)24-11-13-27-20(16-24)15-23(10-12-26-20)14-17-21-8-5-9-22-17/h5,8-9H,2-4,6-7,10-16H2,1H3. The smallest absolute Gasteiger partial charge is 0.228 e. The largest absolute Gasteiger partial charge is 0.346 e. The molecule has 1 spiro atoms. The van der Waals surface area contributed by atoms with Crippen LogP contribution in [0.3, 0.4) is 0 Å². The Balaban J connectivity index is 1.42. The van der Waals surface area contributed by atoms with Gasteiger partial charge in [0.05, 0.1) is 32.8 Å². The van der Waals surface area contributed by atoms with Crippen LogP contribution in [0.25, 0.3) is 0 Å². The fourth-order valence-electron chi connectivity index (χ4n) is 4.61. The maximum Gasteiger partial charge on any atom is 0.228 e. The third-order valence-corrected chi connectivity index (χ3v) is 6.14. The topological polar surface area (TPSA) is 67.8 Å². The molecule has 1 amide bonds. The molecule has 7 heteroatoms. The van der Waals surface area contributed by atoms with E-state index in [1.807, 2.05) is 11.0 Å². The summed E-state index contributed by atoms with van der Waals surface area (Å²) in [6.07, 6.45) is 9.07. The molecule has 0 N–H and O–H groups in total. The fraction of sp³-hybridized carbons (Fsp3) is 0.750. The number of carbonyl (C=O) groups excluding carboxylic acids is 1. The van der Waals surface area contributed by atoms with E-state index < -0.39 is 5.79 Å². The maximum atomic E-state index is 13.3. The highest BCUT2D eigenvalue weighted by Gasteiger charge is 2.46. The van der Waals surface area contributed by atoms with Gasteiger partial charge in [0.2, 0.25) is 5.91 Å². The molecular weight excluding hydrogens is 344 g/mol. The number of ether oxygens (including phenoxy) is 2. The highest BCUT2D eigenvalue weighted by molar-refractivity contribution is 5.82. The van der Waals surface area contributed by atoms with E-state index in [1.165, 1.54) is 6.42 Å². The average molecular weight is 374 g/mol. The lowest BCUT2D eigenvalue weighted by Crippen LogP contribution is -2.64. The van der Waals surface area contributed by atoms with Gasteiger partial charge in [0.25, 0.3) is 0 Å². The molecule has 1 aliphatic carbocycles. The van der Waals surface area contributed by atoms with Crippen LogP contribution in [-0.4, -0.2) is 70.9 Å². The second-order valence-corrected chi connectivity index (χ2v) is 8.33. The van der Waals surface area contributed by atoms with E-state index in [1.54, 1.807) is 12.4 Å². The van der Waals surface area contributed by atoms with Gasteiger partial charge in [-0.05, 0) is 18.9 Å². The molecule has 1 aromatic rings. The molecule has 0 bridgehead atoms. The van der Waals surface area contributed by atoms with Crippen LogP contribution in [0.2, 0.25) is 0 Å². The molecule has 27 heavy (non-hydrogen) atoms. The summed E-state index contributed by atoms with van der Waals surface area (Å²) >= 11 is 0. The second kappa shape index (κ2) is 7.81. The molecule has 2 saturated heterocycles. The van der Waals surface area contributed by atoms with E-state index in [0.29, 0.717) is 39.4 Å². The van der Waals surface area contributed by atoms with Gasteiger partial charge in [0.15, 0.2) is 5.79 Å². The van der Waals surface area contributed by atoms with Crippen molar-refractivity contribution in [3.05, 3.63) is 24.3 Å². The van der Waals surface area contributed by atoms with Crippen LogP contribution in [0, 0.1) is 5.41 Å². The van der Waals surface area contributed by atoms with E-state index >= 15 is 0 Å². The lowest BCUT2D eigenvalue weighted by molar-refractivity contribution is -0.291. The van der Waals surface area contributed by atoms with E-state index in [9.17, 15) is 4.79 Å². The minimum atomic E-state index is -0.730. The molecule has 1 saturated carbocycles. The van der Waals surface area contributed by atoms with Crippen LogP contribution < -0.4 is 0 Å². The van der Waals surface area contributed by atoms with Crippen LogP contribution >= 0.6 is 0 Å². The van der Waals surface area contributed by atoms with E-state index in [0.717, 1.165) is 38.1 Å². The third-order valence-electron chi connectivity index (χ3n) is 6.14. The number of hydrogen-bond donors (Lipinski definition) is 0. The van der Waals surface area contributed by atoms with Gasteiger partial charge >= 0.3 is 0 Å². The first-order valence-electron chi connectivity index (χ1n) is 10.1. The van der Waals surface area contributed by atoms with E-state index in [-0.39, 0.29) is 11.3 Å². The summed E-state index contributed by atoms with van der Waals surface area (Å²) < 4.78 is 12.2. The van der Waals surface area contributed by atoms with Crippen molar-refractivity contribution in [1.29, 1.82) is 0 Å². The van der Waals surface area contributed by atoms with Crippen molar-refractivity contribution in [1.82, 2.24) is 19.8 Å². The van der Waals surface area contributed by atoms with E-state index in [4.69, 9.17) is 9.47 Å². The van der Waals surface area contributed by atoms with Gasteiger partial charge in [-0.3, -0.25) is 9.69 Å². The average Bonchev–Trinajstić information content (AvgIpc) is 2.69. The number of rotatable bonds is 3. The number of aromatic nitrogens is 2. The summed E-state index contributed by atoms with van der Waals surface area (Å²) in [4.78, 5) is 26.1. The predicted molar refractivity (Wildman–Crippen MR) is 99.7 cm³/mol. The molecule has 3 heterocycles. The van der Waals surface area contributed by atoms with Gasteiger partial charge in [-0.1, -0.05) is 26.2 Å². The molecule has 7 nitrogen and oxygen atoms in total. The van der Waals surface area contributed by atoms with Crippen molar-refractivity contribution in [2.75, 3.05) is 39.4 Å². The normalized spacial score (nSPS) is 29.0. The zero-order valence-electron chi connectivity index (χ0n) is 16.2. The molecule has 3 fully saturated rings. The van der Waals surface area contributed by atoms with Crippen LogP contribution in [0.15, 0.2) is 18.5 Å². The zero-order chi connectivity index (χ0) is 18.7. The molecule has 1 unspecified atom stereocenters. The zero-order valence-corrected chi connectivity index (χ0v) is 16.2. The third kappa shape index (κ3) is 4.15. The number of carbonyl (C=O) groups is 1. The highest BCUT2D eigenvalue weighted by Crippen LogP contribution is 2.38. The summed E-state index contributed by atoms with van der Waals surface area (Å²) in [5.41, 5.74) is -0.219. The van der Waals surface area contributed by atoms with Gasteiger partial charge in [0.1, 0.15) is 5.82 Å². The minimum absolute atomic E-state index is 0.219. The van der Waals surface area contributed by atoms with Crippen LogP contribution in [-0.2, 0) is 20.8 Å². The predicted octanol–water partition coefficient (Wildman–Crippen LogP) is 1.83. The second-order valence-electron chi connectivity index (χ2n) is 8.33. The van der Waals surface area contributed by atoms with Crippen LogP contribution in [0.4, 0.5) is 0 Å². The van der Waals surface area contributed by atoms with Gasteiger partial charge in [-0.15, -0.1) is 0 Å². The van der Waals surface area contributed by atoms with Crippen molar-refractivity contribution in [2.45, 2.75) is 51.4 Å². The maximum absolute atomic E-state index is 13.3. The Labute approximate surface area is 161 Å². The molecule has 4 rings (SSSR count). The Hall–Kier alpha value is -1.57. The number of morpholine rings is 2. The molecule has 0 radical (unpaired) electrons.